The van der Waals surface area contributed by atoms with Gasteiger partial charge in [-0.2, -0.15) is 0 Å². The normalized spacial score (nSPS) is 10.3. The Hall–Kier alpha value is -1.40. The van der Waals surface area contributed by atoms with E-state index in [1.807, 2.05) is 0 Å². The number of hydrogen-bond acceptors (Lipinski definition) is 2. The van der Waals surface area contributed by atoms with Gasteiger partial charge in [-0.25, -0.2) is 4.39 Å². The first-order valence-electron chi connectivity index (χ1n) is 5.28. The van der Waals surface area contributed by atoms with Gasteiger partial charge in [0, 0.05) is 20.2 Å². The number of amides is 1. The van der Waals surface area contributed by atoms with Crippen LogP contribution in [0.2, 0.25) is 0 Å². The third kappa shape index (κ3) is 3.54. The highest BCUT2D eigenvalue weighted by Crippen LogP contribution is 2.22. The topological polar surface area (TPSA) is 55.1 Å². The Balaban J connectivity index is 2.28. The van der Waals surface area contributed by atoms with Gasteiger partial charge >= 0.3 is 0 Å². The first kappa shape index (κ1) is 14.0. The molecule has 3 N–H and O–H groups in total. The molecule has 2 rings (SSSR count). The lowest BCUT2D eigenvalue weighted by Gasteiger charge is -2.08. The van der Waals surface area contributed by atoms with E-state index >= 15 is 0 Å². The molecule has 0 saturated carbocycles. The van der Waals surface area contributed by atoms with Gasteiger partial charge in [0.2, 0.25) is 0 Å². The highest BCUT2D eigenvalue weighted by molar-refractivity contribution is 9.10. The number of carbonyl (C=O) groups is 1. The summed E-state index contributed by atoms with van der Waals surface area (Å²) in [6.45, 7) is 0. The monoisotopic (exact) mass is 386 g/mol. The second kappa shape index (κ2) is 5.71. The maximum atomic E-state index is 13.5. The van der Waals surface area contributed by atoms with Crippen molar-refractivity contribution in [2.75, 3.05) is 11.1 Å². The van der Waals surface area contributed by atoms with Crippen molar-refractivity contribution in [3.8, 4) is 0 Å². The van der Waals surface area contributed by atoms with Crippen LogP contribution in [0.15, 0.2) is 45.3 Å². The third-order valence-electron chi connectivity index (χ3n) is 2.36. The van der Waals surface area contributed by atoms with E-state index in [0.29, 0.717) is 20.2 Å². The number of benzene rings is 2. The van der Waals surface area contributed by atoms with Crippen LogP contribution in [0.3, 0.4) is 0 Å². The van der Waals surface area contributed by atoms with E-state index in [2.05, 4.69) is 37.2 Å². The van der Waals surface area contributed by atoms with E-state index in [1.54, 1.807) is 18.2 Å². The summed E-state index contributed by atoms with van der Waals surface area (Å²) in [5.74, 6) is -0.926. The molecule has 19 heavy (non-hydrogen) atoms. The van der Waals surface area contributed by atoms with E-state index in [4.69, 9.17) is 5.73 Å². The van der Waals surface area contributed by atoms with Crippen LogP contribution < -0.4 is 11.1 Å². The van der Waals surface area contributed by atoms with Gasteiger partial charge in [-0.3, -0.25) is 4.79 Å². The van der Waals surface area contributed by atoms with Crippen molar-refractivity contribution in [3.63, 3.8) is 0 Å². The molecule has 0 spiro atoms. The minimum absolute atomic E-state index is 0.109. The van der Waals surface area contributed by atoms with Gasteiger partial charge in [0.1, 0.15) is 5.82 Å². The summed E-state index contributed by atoms with van der Waals surface area (Å²) in [5, 5.41) is 2.50. The molecule has 0 heterocycles. The number of carbonyl (C=O) groups excluding carboxylic acids is 1. The highest BCUT2D eigenvalue weighted by atomic mass is 79.9. The lowest BCUT2D eigenvalue weighted by atomic mass is 10.2. The van der Waals surface area contributed by atoms with E-state index in [0.717, 1.165) is 0 Å². The molecule has 0 aliphatic carbocycles. The summed E-state index contributed by atoms with van der Waals surface area (Å²) in [6.07, 6.45) is 0. The zero-order valence-corrected chi connectivity index (χ0v) is 12.8. The molecule has 1 amide bonds. The molecular weight excluding hydrogens is 379 g/mol. The molecule has 0 aromatic heterocycles. The zero-order chi connectivity index (χ0) is 14.0. The number of nitrogens with two attached hydrogens (primary N) is 1. The minimum Gasteiger partial charge on any atom is -0.399 e. The Morgan fingerprint density at radius 1 is 1.11 bits per heavy atom. The standard InChI is InChI=1S/C13H9Br2FN2O/c14-8-1-2-11(16)12(6-8)18-13(19)7-3-9(15)5-10(17)4-7/h1-6H,17H2,(H,18,19). The Labute approximate surface area is 126 Å². The molecule has 0 radical (unpaired) electrons. The zero-order valence-electron chi connectivity index (χ0n) is 9.58. The molecule has 0 saturated heterocycles. The van der Waals surface area contributed by atoms with Crippen molar-refractivity contribution in [1.82, 2.24) is 0 Å². The van der Waals surface area contributed by atoms with Crippen LogP contribution in [0.4, 0.5) is 15.8 Å². The van der Waals surface area contributed by atoms with E-state index in [9.17, 15) is 9.18 Å². The largest absolute Gasteiger partial charge is 0.399 e. The van der Waals surface area contributed by atoms with Crippen LogP contribution in [-0.2, 0) is 0 Å². The highest BCUT2D eigenvalue weighted by Gasteiger charge is 2.11. The van der Waals surface area contributed by atoms with Crippen LogP contribution in [0.1, 0.15) is 10.4 Å². The third-order valence-corrected chi connectivity index (χ3v) is 3.31. The summed E-state index contributed by atoms with van der Waals surface area (Å²) in [4.78, 5) is 12.0. The SMILES string of the molecule is Nc1cc(Br)cc(C(=O)Nc2cc(Br)ccc2F)c1. The van der Waals surface area contributed by atoms with E-state index < -0.39 is 11.7 Å². The van der Waals surface area contributed by atoms with Gasteiger partial charge in [-0.15, -0.1) is 0 Å². The fourth-order valence-corrected chi connectivity index (χ4v) is 2.40. The Kier molecular flexibility index (Phi) is 4.21. The number of anilines is 2. The average molecular weight is 388 g/mol. The van der Waals surface area contributed by atoms with Crippen molar-refractivity contribution < 1.29 is 9.18 Å². The van der Waals surface area contributed by atoms with Gasteiger partial charge in [0.05, 0.1) is 5.69 Å². The molecule has 2 aromatic rings. The average Bonchev–Trinajstić information content (AvgIpc) is 2.32. The van der Waals surface area contributed by atoms with Crippen LogP contribution in [-0.4, -0.2) is 5.91 Å². The van der Waals surface area contributed by atoms with E-state index in [-0.39, 0.29) is 5.69 Å². The van der Waals surface area contributed by atoms with Crippen molar-refractivity contribution in [2.45, 2.75) is 0 Å². The number of nitrogen functional groups attached to an aromatic ring is 1. The smallest absolute Gasteiger partial charge is 0.255 e. The van der Waals surface area contributed by atoms with Crippen LogP contribution in [0.25, 0.3) is 0 Å². The maximum Gasteiger partial charge on any atom is 0.255 e. The Morgan fingerprint density at radius 3 is 2.53 bits per heavy atom. The fraction of sp³-hybridized carbons (Fsp3) is 0. The van der Waals surface area contributed by atoms with Gasteiger partial charge in [-0.1, -0.05) is 31.9 Å². The Morgan fingerprint density at radius 2 is 1.84 bits per heavy atom. The molecule has 2 aromatic carbocycles. The predicted molar refractivity (Wildman–Crippen MR) is 80.6 cm³/mol. The van der Waals surface area contributed by atoms with Crippen LogP contribution >= 0.6 is 31.9 Å². The summed E-state index contributed by atoms with van der Waals surface area (Å²) in [5.41, 5.74) is 6.57. The molecule has 6 heteroatoms. The second-order valence-corrected chi connectivity index (χ2v) is 5.68. The molecule has 0 fully saturated rings. The molecule has 0 aliphatic rings. The van der Waals surface area contributed by atoms with Gasteiger partial charge in [0.15, 0.2) is 0 Å². The summed E-state index contributed by atoms with van der Waals surface area (Å²) >= 11 is 6.47. The summed E-state index contributed by atoms with van der Waals surface area (Å²) < 4.78 is 14.9. The number of nitrogens with one attached hydrogen (secondary N) is 1. The maximum absolute atomic E-state index is 13.5. The van der Waals surface area contributed by atoms with Crippen molar-refractivity contribution in [1.29, 1.82) is 0 Å². The molecule has 0 bridgehead atoms. The minimum atomic E-state index is -0.500. The van der Waals surface area contributed by atoms with Crippen LogP contribution in [0.5, 0.6) is 0 Å². The fourth-order valence-electron chi connectivity index (χ4n) is 1.53. The number of rotatable bonds is 2. The molecule has 98 valence electrons. The molecule has 0 aliphatic heterocycles. The van der Waals surface area contributed by atoms with Crippen molar-refractivity contribution >= 4 is 49.1 Å². The predicted octanol–water partition coefficient (Wildman–Crippen LogP) is 4.19. The van der Waals surface area contributed by atoms with Crippen molar-refractivity contribution in [3.05, 3.63) is 56.7 Å². The first-order valence-corrected chi connectivity index (χ1v) is 6.87. The van der Waals surface area contributed by atoms with Gasteiger partial charge < -0.3 is 11.1 Å². The lowest BCUT2D eigenvalue weighted by Crippen LogP contribution is -2.13. The molecule has 0 atom stereocenters. The lowest BCUT2D eigenvalue weighted by molar-refractivity contribution is 0.102. The van der Waals surface area contributed by atoms with Crippen molar-refractivity contribution in [2.24, 2.45) is 0 Å². The number of halogens is 3. The summed E-state index contributed by atoms with van der Waals surface area (Å²) in [7, 11) is 0. The molecule has 0 unspecified atom stereocenters. The van der Waals surface area contributed by atoms with Crippen LogP contribution in [0, 0.1) is 5.82 Å². The summed E-state index contributed by atoms with van der Waals surface area (Å²) in [6, 6.07) is 9.14. The van der Waals surface area contributed by atoms with Gasteiger partial charge in [0.25, 0.3) is 5.91 Å². The second-order valence-electron chi connectivity index (χ2n) is 3.85. The quantitative estimate of drug-likeness (QED) is 0.759. The first-order chi connectivity index (χ1) is 8.95. The number of hydrogen-bond donors (Lipinski definition) is 2. The molecular formula is C13H9Br2FN2O. The van der Waals surface area contributed by atoms with Gasteiger partial charge in [-0.05, 0) is 36.4 Å². The molecule has 3 nitrogen and oxygen atoms in total. The van der Waals surface area contributed by atoms with E-state index in [1.165, 1.54) is 18.2 Å². The Bertz CT molecular complexity index is 626.